The third-order valence-electron chi connectivity index (χ3n) is 11.2. The summed E-state index contributed by atoms with van der Waals surface area (Å²) in [6.45, 7) is 4.69. The number of anilines is 3. The highest BCUT2D eigenvalue weighted by atomic mass is 15.1. The summed E-state index contributed by atoms with van der Waals surface area (Å²) in [7, 11) is 0. The molecule has 0 atom stereocenters. The van der Waals surface area contributed by atoms with Crippen LogP contribution in [0.2, 0.25) is 0 Å². The van der Waals surface area contributed by atoms with Crippen LogP contribution in [0.5, 0.6) is 0 Å². The zero-order chi connectivity index (χ0) is 35.5. The van der Waals surface area contributed by atoms with E-state index >= 15 is 0 Å². The van der Waals surface area contributed by atoms with Crippen LogP contribution in [0.4, 0.5) is 17.1 Å². The lowest BCUT2D eigenvalue weighted by molar-refractivity contribution is 0.660. The van der Waals surface area contributed by atoms with Crippen LogP contribution >= 0.6 is 0 Å². The minimum absolute atomic E-state index is 0.0676. The van der Waals surface area contributed by atoms with Gasteiger partial charge in [-0.25, -0.2) is 0 Å². The van der Waals surface area contributed by atoms with Crippen molar-refractivity contribution in [1.82, 2.24) is 4.57 Å². The molecule has 9 aromatic rings. The summed E-state index contributed by atoms with van der Waals surface area (Å²) in [5.74, 6) is 0. The van der Waals surface area contributed by atoms with Crippen LogP contribution < -0.4 is 4.90 Å². The van der Waals surface area contributed by atoms with E-state index in [1.54, 1.807) is 0 Å². The number of aromatic nitrogens is 1. The summed E-state index contributed by atoms with van der Waals surface area (Å²) >= 11 is 0. The fourth-order valence-electron chi connectivity index (χ4n) is 8.54. The third kappa shape index (κ3) is 5.10. The van der Waals surface area contributed by atoms with Gasteiger partial charge in [-0.05, 0) is 111 Å². The van der Waals surface area contributed by atoms with Crippen LogP contribution in [-0.2, 0) is 5.41 Å². The van der Waals surface area contributed by atoms with Crippen LogP contribution in [0.1, 0.15) is 25.0 Å². The molecule has 252 valence electrons. The maximum atomic E-state index is 2.40. The van der Waals surface area contributed by atoms with Gasteiger partial charge in [0.05, 0.1) is 11.0 Å². The van der Waals surface area contributed by atoms with E-state index in [9.17, 15) is 0 Å². The lowest BCUT2D eigenvalue weighted by atomic mass is 9.82. The second kappa shape index (κ2) is 12.3. The molecule has 0 saturated heterocycles. The van der Waals surface area contributed by atoms with Crippen LogP contribution in [0.3, 0.4) is 0 Å². The number of fused-ring (bicyclic) bond motifs is 6. The molecule has 8 aromatic carbocycles. The first-order valence-electron chi connectivity index (χ1n) is 18.4. The van der Waals surface area contributed by atoms with E-state index in [1.165, 1.54) is 72.0 Å². The summed E-state index contributed by atoms with van der Waals surface area (Å²) < 4.78 is 2.38. The van der Waals surface area contributed by atoms with Crippen molar-refractivity contribution in [2.45, 2.75) is 19.3 Å². The molecule has 1 aromatic heterocycles. The molecule has 53 heavy (non-hydrogen) atoms. The van der Waals surface area contributed by atoms with Crippen molar-refractivity contribution < 1.29 is 0 Å². The molecule has 2 nitrogen and oxygen atoms in total. The molecule has 1 aliphatic rings. The number of nitrogens with zero attached hydrogens (tertiary/aromatic N) is 2. The summed E-state index contributed by atoms with van der Waals surface area (Å²) in [5.41, 5.74) is 17.2. The Hall–Kier alpha value is -6.64. The highest BCUT2D eigenvalue weighted by Crippen LogP contribution is 2.50. The zero-order valence-electron chi connectivity index (χ0n) is 29.9. The number of benzene rings is 8. The van der Waals surface area contributed by atoms with Crippen molar-refractivity contribution in [3.8, 4) is 39.1 Å². The number of hydrogen-bond donors (Lipinski definition) is 0. The lowest BCUT2D eigenvalue weighted by Gasteiger charge is -2.28. The Kier molecular flexibility index (Phi) is 7.19. The molecule has 0 spiro atoms. The summed E-state index contributed by atoms with van der Waals surface area (Å²) in [6, 6.07) is 70.8. The SMILES string of the molecule is CC1(C)c2ccccc2-c2ccc(N(c3ccccc3)c3ccc(-c4cccc(-c5ccc6c7ccccc7n(-c7ccccc7)c6c5)c4)cc3)cc21. The van der Waals surface area contributed by atoms with E-state index in [1.807, 2.05) is 0 Å². The van der Waals surface area contributed by atoms with Crippen LogP contribution in [-0.4, -0.2) is 4.57 Å². The molecule has 0 amide bonds. The normalized spacial score (nSPS) is 12.9. The van der Waals surface area contributed by atoms with Gasteiger partial charge in [0.15, 0.2) is 0 Å². The van der Waals surface area contributed by atoms with E-state index in [-0.39, 0.29) is 5.41 Å². The fourth-order valence-corrected chi connectivity index (χ4v) is 8.54. The van der Waals surface area contributed by atoms with Gasteiger partial charge in [-0.1, -0.05) is 141 Å². The Labute approximate surface area is 310 Å². The standard InChI is InChI=1S/C51H38N2/c1-51(2)47-22-11-9-20-43(47)44-31-29-42(34-48(44)51)52(39-16-5-3-6-17-39)41-27-24-35(25-28-41)36-14-13-15-37(32-36)38-26-30-46-45-21-10-12-23-49(45)53(50(46)33-38)40-18-7-4-8-19-40/h3-34H,1-2H3. The quantitative estimate of drug-likeness (QED) is 0.170. The van der Waals surface area contributed by atoms with Crippen molar-refractivity contribution in [3.05, 3.63) is 205 Å². The highest BCUT2D eigenvalue weighted by Gasteiger charge is 2.35. The molecule has 0 radical (unpaired) electrons. The molecule has 1 heterocycles. The van der Waals surface area contributed by atoms with E-state index in [4.69, 9.17) is 0 Å². The molecule has 2 heteroatoms. The molecular formula is C51H38N2. The van der Waals surface area contributed by atoms with Gasteiger partial charge in [0, 0.05) is 38.9 Å². The van der Waals surface area contributed by atoms with Gasteiger partial charge >= 0.3 is 0 Å². The molecule has 0 saturated carbocycles. The largest absolute Gasteiger partial charge is 0.310 e. The Morgan fingerprint density at radius 3 is 1.77 bits per heavy atom. The molecule has 0 N–H and O–H groups in total. The van der Waals surface area contributed by atoms with Gasteiger partial charge in [0.1, 0.15) is 0 Å². The Balaban J connectivity index is 1.02. The first-order chi connectivity index (χ1) is 26.0. The fraction of sp³-hybridized carbons (Fsp3) is 0.0588. The van der Waals surface area contributed by atoms with E-state index in [0.717, 1.165) is 17.1 Å². The summed E-state index contributed by atoms with van der Waals surface area (Å²) in [6.07, 6.45) is 0. The van der Waals surface area contributed by atoms with Crippen LogP contribution in [0.15, 0.2) is 194 Å². The number of para-hydroxylation sites is 3. The number of hydrogen-bond acceptors (Lipinski definition) is 1. The summed E-state index contributed by atoms with van der Waals surface area (Å²) in [4.78, 5) is 2.38. The van der Waals surface area contributed by atoms with Gasteiger partial charge in [-0.3, -0.25) is 0 Å². The first-order valence-corrected chi connectivity index (χ1v) is 18.4. The average Bonchev–Trinajstić information content (AvgIpc) is 3.67. The Morgan fingerprint density at radius 2 is 0.962 bits per heavy atom. The monoisotopic (exact) mass is 678 g/mol. The molecule has 10 rings (SSSR count). The highest BCUT2D eigenvalue weighted by molar-refractivity contribution is 6.10. The smallest absolute Gasteiger partial charge is 0.0547 e. The van der Waals surface area contributed by atoms with Crippen molar-refractivity contribution in [3.63, 3.8) is 0 Å². The van der Waals surface area contributed by atoms with Gasteiger partial charge < -0.3 is 9.47 Å². The Bertz CT molecular complexity index is 2790. The first kappa shape index (κ1) is 31.1. The Morgan fingerprint density at radius 1 is 0.377 bits per heavy atom. The summed E-state index contributed by atoms with van der Waals surface area (Å²) in [5, 5.41) is 2.53. The van der Waals surface area contributed by atoms with Gasteiger partial charge in [-0.15, -0.1) is 0 Å². The van der Waals surface area contributed by atoms with E-state index in [0.29, 0.717) is 0 Å². The van der Waals surface area contributed by atoms with Crippen molar-refractivity contribution in [2.24, 2.45) is 0 Å². The van der Waals surface area contributed by atoms with Gasteiger partial charge in [0.2, 0.25) is 0 Å². The lowest BCUT2D eigenvalue weighted by Crippen LogP contribution is -2.16. The predicted octanol–water partition coefficient (Wildman–Crippen LogP) is 13.9. The van der Waals surface area contributed by atoms with Crippen molar-refractivity contribution >= 4 is 38.9 Å². The van der Waals surface area contributed by atoms with Crippen LogP contribution in [0.25, 0.3) is 60.9 Å². The van der Waals surface area contributed by atoms with Gasteiger partial charge in [-0.2, -0.15) is 0 Å². The molecule has 0 aliphatic heterocycles. The van der Waals surface area contributed by atoms with Gasteiger partial charge in [0.25, 0.3) is 0 Å². The molecule has 1 aliphatic carbocycles. The van der Waals surface area contributed by atoms with Crippen LogP contribution in [0, 0.1) is 0 Å². The van der Waals surface area contributed by atoms with Crippen molar-refractivity contribution in [1.29, 1.82) is 0 Å². The average molecular weight is 679 g/mol. The van der Waals surface area contributed by atoms with E-state index in [2.05, 4.69) is 217 Å². The second-order valence-electron chi connectivity index (χ2n) is 14.6. The molecule has 0 bridgehead atoms. The second-order valence-corrected chi connectivity index (χ2v) is 14.6. The molecule has 0 fully saturated rings. The van der Waals surface area contributed by atoms with Crippen molar-refractivity contribution in [2.75, 3.05) is 4.90 Å². The molecule has 0 unspecified atom stereocenters. The van der Waals surface area contributed by atoms with E-state index < -0.39 is 0 Å². The zero-order valence-corrected chi connectivity index (χ0v) is 29.9. The topological polar surface area (TPSA) is 8.17 Å². The third-order valence-corrected chi connectivity index (χ3v) is 11.2. The maximum Gasteiger partial charge on any atom is 0.0547 e. The number of rotatable bonds is 6. The minimum Gasteiger partial charge on any atom is -0.310 e. The maximum absolute atomic E-state index is 2.40. The predicted molar refractivity (Wildman–Crippen MR) is 224 cm³/mol. The minimum atomic E-state index is -0.0676. The molecular weight excluding hydrogens is 641 g/mol.